The van der Waals surface area contributed by atoms with Crippen molar-refractivity contribution in [3.63, 3.8) is 0 Å². The van der Waals surface area contributed by atoms with Crippen molar-refractivity contribution < 1.29 is 0 Å². The molecule has 4 heterocycles. The summed E-state index contributed by atoms with van der Waals surface area (Å²) in [4.78, 5) is 22.9. The van der Waals surface area contributed by atoms with Crippen LogP contribution >= 0.6 is 0 Å². The van der Waals surface area contributed by atoms with Gasteiger partial charge in [-0.05, 0) is 116 Å². The van der Waals surface area contributed by atoms with Gasteiger partial charge in [0.2, 0.25) is 0 Å². The van der Waals surface area contributed by atoms with Crippen LogP contribution in [0.3, 0.4) is 0 Å². The summed E-state index contributed by atoms with van der Waals surface area (Å²) in [5.74, 6) is 0.413. The van der Waals surface area contributed by atoms with Crippen molar-refractivity contribution in [2.45, 2.75) is 39.0 Å². The second-order valence-corrected chi connectivity index (χ2v) is 13.1. The van der Waals surface area contributed by atoms with Gasteiger partial charge >= 0.3 is 0 Å². The molecule has 3 aliphatic rings. The van der Waals surface area contributed by atoms with Gasteiger partial charge in [0.25, 0.3) is 0 Å². The molecular formula is C42H32N6. The fourth-order valence-corrected chi connectivity index (χ4v) is 7.90. The molecule has 2 aliphatic carbocycles. The van der Waals surface area contributed by atoms with Gasteiger partial charge in [0, 0.05) is 28.7 Å². The first-order chi connectivity index (χ1) is 23.6. The lowest BCUT2D eigenvalue weighted by molar-refractivity contribution is 0.819. The summed E-state index contributed by atoms with van der Waals surface area (Å²) in [6.45, 7) is 4.42. The molecule has 4 aromatic carbocycles. The molecule has 48 heavy (non-hydrogen) atoms. The molecule has 6 heteroatoms. The summed E-state index contributed by atoms with van der Waals surface area (Å²) < 4.78 is 2.14. The summed E-state index contributed by atoms with van der Waals surface area (Å²) in [6.07, 6.45) is 13.9. The van der Waals surface area contributed by atoms with Crippen molar-refractivity contribution in [3.8, 4) is 16.8 Å². The Morgan fingerprint density at radius 3 is 2.23 bits per heavy atom. The predicted octanol–water partition coefficient (Wildman–Crippen LogP) is 9.84. The average Bonchev–Trinajstić information content (AvgIpc) is 3.61. The van der Waals surface area contributed by atoms with Gasteiger partial charge in [0.1, 0.15) is 11.0 Å². The van der Waals surface area contributed by atoms with E-state index in [9.17, 15) is 0 Å². The van der Waals surface area contributed by atoms with Gasteiger partial charge in [-0.25, -0.2) is 19.9 Å². The number of aromatic nitrogens is 5. The number of allylic oxidation sites excluding steroid dienone is 5. The quantitative estimate of drug-likeness (QED) is 0.197. The van der Waals surface area contributed by atoms with Crippen LogP contribution < -0.4 is 4.90 Å². The molecule has 10 rings (SSSR count). The van der Waals surface area contributed by atoms with Gasteiger partial charge in [-0.15, -0.1) is 0 Å². The first-order valence-corrected chi connectivity index (χ1v) is 16.7. The number of aryl methyl sites for hydroxylation is 3. The Hall–Kier alpha value is -5.88. The molecule has 1 aliphatic heterocycles. The summed E-state index contributed by atoms with van der Waals surface area (Å²) in [5, 5.41) is 0. The molecule has 0 amide bonds. The molecule has 230 valence electrons. The minimum Gasteiger partial charge on any atom is -0.313 e. The van der Waals surface area contributed by atoms with Crippen LogP contribution in [0, 0.1) is 13.8 Å². The molecular weight excluding hydrogens is 589 g/mol. The molecule has 0 spiro atoms. The molecule has 0 fully saturated rings. The average molecular weight is 621 g/mol. The van der Waals surface area contributed by atoms with Gasteiger partial charge in [-0.1, -0.05) is 60.7 Å². The van der Waals surface area contributed by atoms with Crippen LogP contribution in [0.2, 0.25) is 0 Å². The second kappa shape index (κ2) is 10.3. The van der Waals surface area contributed by atoms with E-state index in [4.69, 9.17) is 19.9 Å². The lowest BCUT2D eigenvalue weighted by atomic mass is 9.92. The van der Waals surface area contributed by atoms with E-state index in [0.717, 1.165) is 69.7 Å². The minimum atomic E-state index is 0.413. The SMILES string of the molecule is Cc1cc(N2C3=CC=CCC3c3ccccc32)ccc1-c1ccc(-n2c3nc4c(nc3c3nc5ccccc5nc32)CCC=C4)cc1C. The van der Waals surface area contributed by atoms with Crippen LogP contribution in [0.15, 0.2) is 115 Å². The van der Waals surface area contributed by atoms with Crippen LogP contribution in [-0.4, -0.2) is 24.5 Å². The number of para-hydroxylation sites is 3. The predicted molar refractivity (Wildman–Crippen MR) is 195 cm³/mol. The highest BCUT2D eigenvalue weighted by molar-refractivity contribution is 6.04. The second-order valence-electron chi connectivity index (χ2n) is 13.1. The highest BCUT2D eigenvalue weighted by Gasteiger charge is 2.34. The Balaban J connectivity index is 1.09. The highest BCUT2D eigenvalue weighted by Crippen LogP contribution is 2.50. The van der Waals surface area contributed by atoms with Gasteiger partial charge < -0.3 is 4.90 Å². The van der Waals surface area contributed by atoms with Crippen molar-refractivity contribution in [1.29, 1.82) is 0 Å². The maximum Gasteiger partial charge on any atom is 0.168 e. The number of nitrogens with zero attached hydrogens (tertiary/aromatic N) is 6. The van der Waals surface area contributed by atoms with Crippen LogP contribution in [0.25, 0.3) is 56.3 Å². The van der Waals surface area contributed by atoms with E-state index in [0.29, 0.717) is 5.92 Å². The van der Waals surface area contributed by atoms with Gasteiger partial charge in [0.05, 0.1) is 22.4 Å². The molecule has 0 radical (unpaired) electrons. The number of anilines is 2. The smallest absolute Gasteiger partial charge is 0.168 e. The van der Waals surface area contributed by atoms with E-state index in [-0.39, 0.29) is 0 Å². The lowest BCUT2D eigenvalue weighted by Crippen LogP contribution is -2.14. The molecule has 0 bridgehead atoms. The summed E-state index contributed by atoms with van der Waals surface area (Å²) >= 11 is 0. The highest BCUT2D eigenvalue weighted by atomic mass is 15.2. The van der Waals surface area contributed by atoms with Crippen molar-refractivity contribution in [2.24, 2.45) is 0 Å². The zero-order chi connectivity index (χ0) is 31.9. The molecule has 0 N–H and O–H groups in total. The zero-order valence-electron chi connectivity index (χ0n) is 26.9. The van der Waals surface area contributed by atoms with Crippen LogP contribution in [-0.2, 0) is 6.42 Å². The molecule has 3 aromatic heterocycles. The largest absolute Gasteiger partial charge is 0.313 e. The fourth-order valence-electron chi connectivity index (χ4n) is 7.90. The maximum atomic E-state index is 5.16. The van der Waals surface area contributed by atoms with E-state index in [1.807, 2.05) is 24.3 Å². The maximum absolute atomic E-state index is 5.16. The van der Waals surface area contributed by atoms with Crippen molar-refractivity contribution >= 4 is 50.8 Å². The van der Waals surface area contributed by atoms with E-state index >= 15 is 0 Å². The Morgan fingerprint density at radius 2 is 1.40 bits per heavy atom. The van der Waals surface area contributed by atoms with E-state index in [1.165, 1.54) is 44.9 Å². The monoisotopic (exact) mass is 620 g/mol. The van der Waals surface area contributed by atoms with Crippen LogP contribution in [0.4, 0.5) is 11.4 Å². The molecule has 7 aromatic rings. The zero-order valence-corrected chi connectivity index (χ0v) is 26.9. The molecule has 6 nitrogen and oxygen atoms in total. The number of fused-ring (bicyclic) bond motifs is 8. The third-order valence-electron chi connectivity index (χ3n) is 10.2. The Labute approximate surface area is 278 Å². The summed E-state index contributed by atoms with van der Waals surface area (Å²) in [7, 11) is 0. The molecule has 1 unspecified atom stereocenters. The normalized spacial score (nSPS) is 16.4. The standard InChI is InChI=1S/C42H32N6/c1-25-23-27(47-37-17-9-3-11-31(37)32-12-4-10-18-38(32)47)19-21-29(25)30-22-20-28(24-26(30)2)48-41-39(43-33-13-5-7-15-35(33)45-41)40-42(48)46-36-16-8-6-14-34(36)44-40/h3-5,7-11,13,15-24,32H,6,12,14H2,1-2H3. The number of benzene rings is 4. The van der Waals surface area contributed by atoms with Crippen molar-refractivity contribution in [3.05, 3.63) is 143 Å². The molecule has 0 saturated heterocycles. The lowest BCUT2D eigenvalue weighted by Gasteiger charge is -2.25. The van der Waals surface area contributed by atoms with Gasteiger partial charge in [-0.3, -0.25) is 4.57 Å². The van der Waals surface area contributed by atoms with E-state index in [2.05, 4.69) is 114 Å². The van der Waals surface area contributed by atoms with Crippen LogP contribution in [0.1, 0.15) is 46.8 Å². The fraction of sp³-hybridized carbons (Fsp3) is 0.143. The van der Waals surface area contributed by atoms with Crippen molar-refractivity contribution in [2.75, 3.05) is 4.90 Å². The Kier molecular flexibility index (Phi) is 5.85. The van der Waals surface area contributed by atoms with E-state index < -0.39 is 0 Å². The van der Waals surface area contributed by atoms with Crippen molar-refractivity contribution in [1.82, 2.24) is 24.5 Å². The van der Waals surface area contributed by atoms with Crippen LogP contribution in [0.5, 0.6) is 0 Å². The number of hydrogen-bond donors (Lipinski definition) is 0. The molecule has 1 atom stereocenters. The Morgan fingerprint density at radius 1 is 0.688 bits per heavy atom. The van der Waals surface area contributed by atoms with Gasteiger partial charge in [0.15, 0.2) is 11.3 Å². The minimum absolute atomic E-state index is 0.413. The first kappa shape index (κ1) is 27.3. The first-order valence-electron chi connectivity index (χ1n) is 16.7. The Bertz CT molecular complexity index is 2590. The molecule has 0 saturated carbocycles. The summed E-state index contributed by atoms with van der Waals surface area (Å²) in [5.41, 5.74) is 18.0. The number of rotatable bonds is 3. The van der Waals surface area contributed by atoms with Gasteiger partial charge in [-0.2, -0.15) is 0 Å². The third kappa shape index (κ3) is 3.99. The third-order valence-corrected chi connectivity index (χ3v) is 10.2. The number of hydrogen-bond acceptors (Lipinski definition) is 5. The van der Waals surface area contributed by atoms with E-state index in [1.54, 1.807) is 0 Å². The summed E-state index contributed by atoms with van der Waals surface area (Å²) in [6, 6.07) is 30.4. The topological polar surface area (TPSA) is 59.7 Å².